The fourth-order valence-corrected chi connectivity index (χ4v) is 1.92. The monoisotopic (exact) mass is 303 g/mol. The summed E-state index contributed by atoms with van der Waals surface area (Å²) in [6.07, 6.45) is 1.75. The van der Waals surface area contributed by atoms with Crippen LogP contribution in [-0.4, -0.2) is 24.3 Å². The van der Waals surface area contributed by atoms with Crippen molar-refractivity contribution in [2.24, 2.45) is 0 Å². The van der Waals surface area contributed by atoms with Crippen molar-refractivity contribution in [3.63, 3.8) is 0 Å². The Morgan fingerprint density at radius 1 is 1.19 bits per heavy atom. The number of rotatable bonds is 5. The number of pyridine rings is 1. The average molecular weight is 303 g/mol. The summed E-state index contributed by atoms with van der Waals surface area (Å²) in [4.78, 5) is 4.22. The van der Waals surface area contributed by atoms with Crippen LogP contribution >= 0.6 is 12.2 Å². The van der Waals surface area contributed by atoms with Crippen LogP contribution < -0.4 is 20.1 Å². The van der Waals surface area contributed by atoms with E-state index in [1.165, 1.54) is 0 Å². The molecule has 110 valence electrons. The molecule has 21 heavy (non-hydrogen) atoms. The van der Waals surface area contributed by atoms with Gasteiger partial charge in [-0.3, -0.25) is 4.98 Å². The van der Waals surface area contributed by atoms with Crippen molar-refractivity contribution in [1.29, 1.82) is 0 Å². The second kappa shape index (κ2) is 7.44. The van der Waals surface area contributed by atoms with E-state index in [2.05, 4.69) is 15.6 Å². The second-order valence-corrected chi connectivity index (χ2v) is 4.60. The van der Waals surface area contributed by atoms with Crippen molar-refractivity contribution in [3.05, 3.63) is 48.3 Å². The molecule has 0 atom stereocenters. The topological polar surface area (TPSA) is 55.4 Å². The van der Waals surface area contributed by atoms with Gasteiger partial charge in [0, 0.05) is 12.3 Å². The van der Waals surface area contributed by atoms with Gasteiger partial charge in [-0.05, 0) is 36.5 Å². The number of thiocarbonyl (C=S) groups is 1. The molecule has 0 radical (unpaired) electrons. The van der Waals surface area contributed by atoms with Crippen molar-refractivity contribution < 1.29 is 9.47 Å². The van der Waals surface area contributed by atoms with Gasteiger partial charge in [0.05, 0.1) is 32.1 Å². The molecule has 0 aliphatic carbocycles. The van der Waals surface area contributed by atoms with Crippen LogP contribution in [0.25, 0.3) is 0 Å². The van der Waals surface area contributed by atoms with Gasteiger partial charge in [0.15, 0.2) is 5.11 Å². The summed E-state index contributed by atoms with van der Waals surface area (Å²) in [5.74, 6) is 1.39. The van der Waals surface area contributed by atoms with Crippen molar-refractivity contribution in [2.45, 2.75) is 6.54 Å². The lowest BCUT2D eigenvalue weighted by molar-refractivity contribution is 0.395. The van der Waals surface area contributed by atoms with E-state index in [1.807, 2.05) is 30.3 Å². The third-order valence-corrected chi connectivity index (χ3v) is 3.06. The molecule has 0 aliphatic heterocycles. The number of anilines is 1. The first-order valence-electron chi connectivity index (χ1n) is 6.39. The lowest BCUT2D eigenvalue weighted by Crippen LogP contribution is -2.28. The molecule has 6 heteroatoms. The second-order valence-electron chi connectivity index (χ2n) is 4.19. The van der Waals surface area contributed by atoms with Crippen LogP contribution in [0, 0.1) is 0 Å². The molecule has 0 unspecified atom stereocenters. The molecule has 0 aliphatic rings. The number of hydrogen-bond acceptors (Lipinski definition) is 4. The quantitative estimate of drug-likeness (QED) is 0.828. The fourth-order valence-electron chi connectivity index (χ4n) is 1.74. The minimum atomic E-state index is 0.504. The largest absolute Gasteiger partial charge is 0.497 e. The maximum absolute atomic E-state index is 5.31. The maximum Gasteiger partial charge on any atom is 0.171 e. The molecule has 1 aromatic heterocycles. The highest BCUT2D eigenvalue weighted by Gasteiger charge is 2.06. The Morgan fingerprint density at radius 3 is 2.71 bits per heavy atom. The first-order valence-corrected chi connectivity index (χ1v) is 6.80. The average Bonchev–Trinajstić information content (AvgIpc) is 2.54. The third-order valence-electron chi connectivity index (χ3n) is 2.81. The van der Waals surface area contributed by atoms with Gasteiger partial charge in [0.2, 0.25) is 0 Å². The summed E-state index contributed by atoms with van der Waals surface area (Å²) in [5.41, 5.74) is 1.69. The van der Waals surface area contributed by atoms with E-state index >= 15 is 0 Å². The molecule has 0 saturated heterocycles. The van der Waals surface area contributed by atoms with E-state index < -0.39 is 0 Å². The molecule has 0 fully saturated rings. The molecular formula is C15H17N3O2S. The van der Waals surface area contributed by atoms with Crippen molar-refractivity contribution in [1.82, 2.24) is 10.3 Å². The van der Waals surface area contributed by atoms with E-state index in [0.29, 0.717) is 17.4 Å². The lowest BCUT2D eigenvalue weighted by Gasteiger charge is -2.14. The summed E-state index contributed by atoms with van der Waals surface area (Å²) in [6.45, 7) is 0.561. The minimum Gasteiger partial charge on any atom is -0.497 e. The molecular weight excluding hydrogens is 286 g/mol. The van der Waals surface area contributed by atoms with E-state index in [1.54, 1.807) is 26.5 Å². The summed E-state index contributed by atoms with van der Waals surface area (Å²) >= 11 is 5.27. The number of nitrogens with one attached hydrogen (secondary N) is 2. The Labute approximate surface area is 129 Å². The van der Waals surface area contributed by atoms with Gasteiger partial charge in [0.1, 0.15) is 11.5 Å². The van der Waals surface area contributed by atoms with E-state index in [4.69, 9.17) is 21.7 Å². The zero-order valence-corrected chi connectivity index (χ0v) is 12.7. The highest BCUT2D eigenvalue weighted by atomic mass is 32.1. The van der Waals surface area contributed by atoms with Crippen LogP contribution in [0.4, 0.5) is 5.69 Å². The molecule has 1 aromatic carbocycles. The van der Waals surface area contributed by atoms with Crippen molar-refractivity contribution in [3.8, 4) is 11.5 Å². The Morgan fingerprint density at radius 2 is 2.05 bits per heavy atom. The van der Waals surface area contributed by atoms with Crippen LogP contribution in [0.1, 0.15) is 5.69 Å². The standard InChI is InChI=1S/C15H17N3O2S/c1-19-12-6-7-13(14(9-12)20-2)18-15(21)17-10-11-5-3-4-8-16-11/h3-9H,10H2,1-2H3,(H2,17,18,21). The summed E-state index contributed by atoms with van der Waals surface area (Å²) < 4.78 is 10.5. The first kappa shape index (κ1) is 15.1. The summed E-state index contributed by atoms with van der Waals surface area (Å²) in [6, 6.07) is 11.2. The van der Waals surface area contributed by atoms with E-state index in [0.717, 1.165) is 17.1 Å². The molecule has 2 rings (SSSR count). The number of benzene rings is 1. The van der Waals surface area contributed by atoms with Crippen LogP contribution in [-0.2, 0) is 6.54 Å². The Balaban J connectivity index is 1.96. The molecule has 0 spiro atoms. The lowest BCUT2D eigenvalue weighted by atomic mass is 10.2. The summed E-state index contributed by atoms with van der Waals surface area (Å²) in [5, 5.41) is 6.70. The van der Waals surface area contributed by atoms with Gasteiger partial charge in [0.25, 0.3) is 0 Å². The van der Waals surface area contributed by atoms with Gasteiger partial charge in [-0.1, -0.05) is 6.07 Å². The molecule has 2 N–H and O–H groups in total. The van der Waals surface area contributed by atoms with Gasteiger partial charge < -0.3 is 20.1 Å². The fraction of sp³-hybridized carbons (Fsp3) is 0.200. The van der Waals surface area contributed by atoms with Crippen LogP contribution in [0.2, 0.25) is 0 Å². The normalized spacial score (nSPS) is 9.81. The molecule has 2 aromatic rings. The van der Waals surface area contributed by atoms with Crippen molar-refractivity contribution in [2.75, 3.05) is 19.5 Å². The Bertz CT molecular complexity index is 605. The van der Waals surface area contributed by atoms with E-state index in [9.17, 15) is 0 Å². The third kappa shape index (κ3) is 4.32. The van der Waals surface area contributed by atoms with Gasteiger partial charge in [-0.2, -0.15) is 0 Å². The predicted octanol–water partition coefficient (Wildman–Crippen LogP) is 2.59. The number of ether oxygens (including phenoxy) is 2. The number of methoxy groups -OCH3 is 2. The van der Waals surface area contributed by atoms with Gasteiger partial charge >= 0.3 is 0 Å². The van der Waals surface area contributed by atoms with Crippen molar-refractivity contribution >= 4 is 23.0 Å². The highest BCUT2D eigenvalue weighted by molar-refractivity contribution is 7.80. The molecule has 0 amide bonds. The SMILES string of the molecule is COc1ccc(NC(=S)NCc2ccccn2)c(OC)c1. The molecule has 0 saturated carbocycles. The van der Waals surface area contributed by atoms with Gasteiger partial charge in [-0.25, -0.2) is 0 Å². The molecule has 0 bridgehead atoms. The Kier molecular flexibility index (Phi) is 5.34. The Hall–Kier alpha value is -2.34. The van der Waals surface area contributed by atoms with Crippen LogP contribution in [0.3, 0.4) is 0 Å². The smallest absolute Gasteiger partial charge is 0.171 e. The number of aromatic nitrogens is 1. The van der Waals surface area contributed by atoms with Gasteiger partial charge in [-0.15, -0.1) is 0 Å². The predicted molar refractivity (Wildman–Crippen MR) is 86.8 cm³/mol. The van der Waals surface area contributed by atoms with E-state index in [-0.39, 0.29) is 0 Å². The number of hydrogen-bond donors (Lipinski definition) is 2. The zero-order chi connectivity index (χ0) is 15.1. The first-order chi connectivity index (χ1) is 10.2. The summed E-state index contributed by atoms with van der Waals surface area (Å²) in [7, 11) is 3.21. The zero-order valence-electron chi connectivity index (χ0n) is 11.9. The van der Waals surface area contributed by atoms with Crippen LogP contribution in [0.5, 0.6) is 11.5 Å². The number of nitrogens with zero attached hydrogens (tertiary/aromatic N) is 1. The minimum absolute atomic E-state index is 0.504. The highest BCUT2D eigenvalue weighted by Crippen LogP contribution is 2.28. The van der Waals surface area contributed by atoms with Crippen LogP contribution in [0.15, 0.2) is 42.6 Å². The molecule has 5 nitrogen and oxygen atoms in total. The molecule has 1 heterocycles. The maximum atomic E-state index is 5.31.